The Labute approximate surface area is 134 Å². The molecular formula is C19H30O3. The van der Waals surface area contributed by atoms with E-state index in [4.69, 9.17) is 4.74 Å². The Balaban J connectivity index is 2.42. The summed E-state index contributed by atoms with van der Waals surface area (Å²) >= 11 is 0. The molecule has 22 heavy (non-hydrogen) atoms. The van der Waals surface area contributed by atoms with Gasteiger partial charge in [-0.05, 0) is 36.8 Å². The van der Waals surface area contributed by atoms with E-state index in [2.05, 4.69) is 13.8 Å². The highest BCUT2D eigenvalue weighted by Gasteiger charge is 2.14. The summed E-state index contributed by atoms with van der Waals surface area (Å²) in [4.78, 5) is 12.0. The maximum absolute atomic E-state index is 12.0. The molecule has 124 valence electrons. The smallest absolute Gasteiger partial charge is 0.306 e. The minimum absolute atomic E-state index is 0.0146. The van der Waals surface area contributed by atoms with Crippen LogP contribution < -0.4 is 0 Å². The number of ether oxygens (including phenoxy) is 1. The van der Waals surface area contributed by atoms with Crippen LogP contribution in [0.2, 0.25) is 0 Å². The second kappa shape index (κ2) is 11.2. The Bertz CT molecular complexity index is 428. The molecule has 0 bridgehead atoms. The van der Waals surface area contributed by atoms with Crippen LogP contribution in [0.5, 0.6) is 0 Å². The number of hydrogen-bond acceptors (Lipinski definition) is 3. The molecule has 3 heteroatoms. The lowest BCUT2D eigenvalue weighted by Crippen LogP contribution is -2.18. The van der Waals surface area contributed by atoms with Crippen LogP contribution in [-0.4, -0.2) is 17.2 Å². The van der Waals surface area contributed by atoms with Crippen LogP contribution in [0.25, 0.3) is 0 Å². The summed E-state index contributed by atoms with van der Waals surface area (Å²) in [6.45, 7) is 4.32. The topological polar surface area (TPSA) is 46.5 Å². The Kier molecular flexibility index (Phi) is 9.56. The first-order valence-corrected chi connectivity index (χ1v) is 8.58. The van der Waals surface area contributed by atoms with Gasteiger partial charge in [-0.25, -0.2) is 0 Å². The van der Waals surface area contributed by atoms with Gasteiger partial charge in [0.1, 0.15) is 6.10 Å². The molecule has 0 aromatic heterocycles. The molecule has 0 fully saturated rings. The van der Waals surface area contributed by atoms with Crippen molar-refractivity contribution in [2.24, 2.45) is 0 Å². The minimum Gasteiger partial charge on any atom is -0.462 e. The predicted molar refractivity (Wildman–Crippen MR) is 89.6 cm³/mol. The van der Waals surface area contributed by atoms with Crippen LogP contribution in [-0.2, 0) is 22.6 Å². The van der Waals surface area contributed by atoms with Crippen molar-refractivity contribution in [1.82, 2.24) is 0 Å². The molecule has 0 saturated carbocycles. The van der Waals surface area contributed by atoms with Crippen molar-refractivity contribution in [3.8, 4) is 0 Å². The summed E-state index contributed by atoms with van der Waals surface area (Å²) < 4.78 is 5.63. The zero-order chi connectivity index (χ0) is 16.2. The molecule has 3 nitrogen and oxygen atoms in total. The summed E-state index contributed by atoms with van der Waals surface area (Å²) in [7, 11) is 0. The van der Waals surface area contributed by atoms with Crippen LogP contribution in [0, 0.1) is 0 Å². The van der Waals surface area contributed by atoms with E-state index >= 15 is 0 Å². The fourth-order valence-corrected chi connectivity index (χ4v) is 2.64. The molecule has 1 aromatic rings. The van der Waals surface area contributed by atoms with Crippen LogP contribution in [0.1, 0.15) is 69.9 Å². The van der Waals surface area contributed by atoms with Crippen molar-refractivity contribution < 1.29 is 14.6 Å². The van der Waals surface area contributed by atoms with Crippen LogP contribution in [0.4, 0.5) is 0 Å². The van der Waals surface area contributed by atoms with Gasteiger partial charge in [0, 0.05) is 6.42 Å². The van der Waals surface area contributed by atoms with Crippen molar-refractivity contribution in [1.29, 1.82) is 0 Å². The number of carbonyl (C=O) groups excluding carboxylic acids is 1. The van der Waals surface area contributed by atoms with E-state index in [1.807, 2.05) is 24.3 Å². The van der Waals surface area contributed by atoms with Gasteiger partial charge in [0.2, 0.25) is 0 Å². The molecule has 0 saturated heterocycles. The zero-order valence-corrected chi connectivity index (χ0v) is 14.0. The number of unbranched alkanes of at least 4 members (excludes halogenated alkanes) is 2. The summed E-state index contributed by atoms with van der Waals surface area (Å²) in [6, 6.07) is 7.69. The second-order valence-electron chi connectivity index (χ2n) is 5.82. The van der Waals surface area contributed by atoms with Crippen molar-refractivity contribution in [3.63, 3.8) is 0 Å². The number of hydrogen-bond donors (Lipinski definition) is 1. The third-order valence-electron chi connectivity index (χ3n) is 3.93. The van der Waals surface area contributed by atoms with Crippen LogP contribution in [0.15, 0.2) is 24.3 Å². The maximum atomic E-state index is 12.0. The number of aliphatic hydroxyl groups excluding tert-OH is 1. The van der Waals surface area contributed by atoms with Gasteiger partial charge in [0.25, 0.3) is 0 Å². The molecule has 0 aliphatic carbocycles. The third-order valence-corrected chi connectivity index (χ3v) is 3.93. The molecule has 1 atom stereocenters. The van der Waals surface area contributed by atoms with Gasteiger partial charge in [-0.3, -0.25) is 4.79 Å². The number of carbonyl (C=O) groups is 1. The van der Waals surface area contributed by atoms with Crippen LogP contribution >= 0.6 is 0 Å². The average Bonchev–Trinajstić information content (AvgIpc) is 2.53. The van der Waals surface area contributed by atoms with E-state index in [-0.39, 0.29) is 18.7 Å². The standard InChI is InChI=1S/C19H30O3/c1-3-5-6-12-18(9-4-2)22-19(21)14-13-16-10-7-8-11-17(16)15-20/h7-8,10-11,18,20H,3-6,9,12-15H2,1-2H3. The van der Waals surface area contributed by atoms with E-state index < -0.39 is 0 Å². The van der Waals surface area contributed by atoms with E-state index in [1.165, 1.54) is 12.8 Å². The van der Waals surface area contributed by atoms with Crippen molar-refractivity contribution in [2.45, 2.75) is 77.9 Å². The number of benzene rings is 1. The van der Waals surface area contributed by atoms with Gasteiger partial charge in [-0.2, -0.15) is 0 Å². The summed E-state index contributed by atoms with van der Waals surface area (Å²) in [5, 5.41) is 9.30. The lowest BCUT2D eigenvalue weighted by Gasteiger charge is -2.17. The van der Waals surface area contributed by atoms with E-state index in [1.54, 1.807) is 0 Å². The number of aryl methyl sites for hydroxylation is 1. The Hall–Kier alpha value is -1.35. The van der Waals surface area contributed by atoms with Crippen molar-refractivity contribution in [3.05, 3.63) is 35.4 Å². The molecule has 1 rings (SSSR count). The number of esters is 1. The quantitative estimate of drug-likeness (QED) is 0.487. The summed E-state index contributed by atoms with van der Waals surface area (Å²) in [5.41, 5.74) is 1.92. The van der Waals surface area contributed by atoms with Gasteiger partial charge < -0.3 is 9.84 Å². The first-order valence-electron chi connectivity index (χ1n) is 8.58. The predicted octanol–water partition coefficient (Wildman–Crippen LogP) is 4.40. The highest BCUT2D eigenvalue weighted by molar-refractivity contribution is 5.70. The van der Waals surface area contributed by atoms with Gasteiger partial charge in [0.05, 0.1) is 6.61 Å². The van der Waals surface area contributed by atoms with Gasteiger partial charge in [-0.15, -0.1) is 0 Å². The number of rotatable bonds is 11. The Morgan fingerprint density at radius 3 is 2.45 bits per heavy atom. The first kappa shape index (κ1) is 18.7. The molecule has 1 aromatic carbocycles. The van der Waals surface area contributed by atoms with Crippen LogP contribution in [0.3, 0.4) is 0 Å². The molecule has 1 N–H and O–H groups in total. The largest absolute Gasteiger partial charge is 0.462 e. The molecule has 1 unspecified atom stereocenters. The van der Waals surface area contributed by atoms with Gasteiger partial charge in [0.15, 0.2) is 0 Å². The second-order valence-corrected chi connectivity index (χ2v) is 5.82. The van der Waals surface area contributed by atoms with Crippen molar-refractivity contribution >= 4 is 5.97 Å². The van der Waals surface area contributed by atoms with Gasteiger partial charge in [-0.1, -0.05) is 57.4 Å². The molecule has 0 aliphatic heterocycles. The molecule has 0 amide bonds. The van der Waals surface area contributed by atoms with E-state index in [0.717, 1.165) is 36.8 Å². The molecule has 0 heterocycles. The summed E-state index contributed by atoms with van der Waals surface area (Å²) in [6.07, 6.45) is 7.54. The number of aliphatic hydroxyl groups is 1. The van der Waals surface area contributed by atoms with Crippen molar-refractivity contribution in [2.75, 3.05) is 0 Å². The Morgan fingerprint density at radius 1 is 1.09 bits per heavy atom. The van der Waals surface area contributed by atoms with E-state index in [0.29, 0.717) is 12.8 Å². The monoisotopic (exact) mass is 306 g/mol. The molecule has 0 radical (unpaired) electrons. The fourth-order valence-electron chi connectivity index (χ4n) is 2.64. The SMILES string of the molecule is CCCCCC(CCC)OC(=O)CCc1ccccc1CO. The normalized spacial score (nSPS) is 12.1. The lowest BCUT2D eigenvalue weighted by atomic mass is 10.0. The highest BCUT2D eigenvalue weighted by Crippen LogP contribution is 2.15. The molecule has 0 aliphatic rings. The highest BCUT2D eigenvalue weighted by atomic mass is 16.5. The molecule has 0 spiro atoms. The summed E-state index contributed by atoms with van der Waals surface area (Å²) in [5.74, 6) is -0.123. The average molecular weight is 306 g/mol. The van der Waals surface area contributed by atoms with E-state index in [9.17, 15) is 9.90 Å². The van der Waals surface area contributed by atoms with Gasteiger partial charge >= 0.3 is 5.97 Å². The Morgan fingerprint density at radius 2 is 1.82 bits per heavy atom. The first-order chi connectivity index (χ1) is 10.7. The molecular weight excluding hydrogens is 276 g/mol. The third kappa shape index (κ3) is 7.08. The minimum atomic E-state index is -0.123. The maximum Gasteiger partial charge on any atom is 0.306 e. The lowest BCUT2D eigenvalue weighted by molar-refractivity contribution is -0.149. The fraction of sp³-hybridized carbons (Fsp3) is 0.632. The zero-order valence-electron chi connectivity index (χ0n) is 14.0.